The maximum atomic E-state index is 5.79. The summed E-state index contributed by atoms with van der Waals surface area (Å²) in [6.45, 7) is 0.781. The molecule has 3 heteroatoms. The van der Waals surface area contributed by atoms with E-state index in [1.165, 1.54) is 5.56 Å². The van der Waals surface area contributed by atoms with Gasteiger partial charge in [-0.3, -0.25) is 4.68 Å². The molecule has 0 saturated carbocycles. The van der Waals surface area contributed by atoms with Crippen molar-refractivity contribution in [1.29, 1.82) is 0 Å². The lowest BCUT2D eigenvalue weighted by atomic mass is 10.1. The highest BCUT2D eigenvalue weighted by atomic mass is 15.3. The summed E-state index contributed by atoms with van der Waals surface area (Å²) in [4.78, 5) is 0. The van der Waals surface area contributed by atoms with Crippen molar-refractivity contribution in [3.8, 4) is 11.3 Å². The summed E-state index contributed by atoms with van der Waals surface area (Å²) in [6.07, 6.45) is 1.99. The fraction of sp³-hybridized carbons (Fsp3) is 0.0625. The molecule has 0 atom stereocenters. The normalized spacial score (nSPS) is 10.5. The number of hydrogen-bond acceptors (Lipinski definition) is 2. The van der Waals surface area contributed by atoms with Crippen molar-refractivity contribution in [2.45, 2.75) is 6.54 Å². The van der Waals surface area contributed by atoms with Gasteiger partial charge in [0.25, 0.3) is 0 Å². The number of benzene rings is 2. The van der Waals surface area contributed by atoms with Crippen molar-refractivity contribution in [2.24, 2.45) is 0 Å². The molecule has 2 aromatic carbocycles. The van der Waals surface area contributed by atoms with E-state index in [2.05, 4.69) is 17.2 Å². The molecule has 94 valence electrons. The number of nitrogens with two attached hydrogens (primary N) is 1. The lowest BCUT2D eigenvalue weighted by molar-refractivity contribution is 0.689. The zero-order valence-corrected chi connectivity index (χ0v) is 10.5. The third-order valence-electron chi connectivity index (χ3n) is 3.01. The third-order valence-corrected chi connectivity index (χ3v) is 3.01. The van der Waals surface area contributed by atoms with E-state index in [1.54, 1.807) is 0 Å². The standard InChI is InChI=1S/C16H15N3/c17-15-8-4-7-14(11-15)16-9-10-19(18-16)12-13-5-2-1-3-6-13/h1-11H,12,17H2. The van der Waals surface area contributed by atoms with Crippen LogP contribution in [0.4, 0.5) is 5.69 Å². The predicted octanol–water partition coefficient (Wildman–Crippen LogP) is 3.18. The molecular formula is C16H15N3. The average Bonchev–Trinajstić information content (AvgIpc) is 2.88. The van der Waals surface area contributed by atoms with E-state index < -0.39 is 0 Å². The Balaban J connectivity index is 1.84. The monoisotopic (exact) mass is 249 g/mol. The minimum Gasteiger partial charge on any atom is -0.399 e. The Bertz CT molecular complexity index is 671. The van der Waals surface area contributed by atoms with Crippen molar-refractivity contribution >= 4 is 5.69 Å². The van der Waals surface area contributed by atoms with Gasteiger partial charge >= 0.3 is 0 Å². The van der Waals surface area contributed by atoms with Crippen LogP contribution in [0.15, 0.2) is 66.9 Å². The Labute approximate surface area is 112 Å². The largest absolute Gasteiger partial charge is 0.399 e. The van der Waals surface area contributed by atoms with Crippen molar-refractivity contribution in [3.63, 3.8) is 0 Å². The van der Waals surface area contributed by atoms with Gasteiger partial charge < -0.3 is 5.73 Å². The summed E-state index contributed by atoms with van der Waals surface area (Å²) >= 11 is 0. The summed E-state index contributed by atoms with van der Waals surface area (Å²) in [7, 11) is 0. The van der Waals surface area contributed by atoms with E-state index in [9.17, 15) is 0 Å². The molecule has 0 aliphatic heterocycles. The lowest BCUT2D eigenvalue weighted by Gasteiger charge is -2.02. The van der Waals surface area contributed by atoms with Gasteiger partial charge in [0, 0.05) is 17.4 Å². The minimum absolute atomic E-state index is 0.759. The first-order valence-corrected chi connectivity index (χ1v) is 6.24. The van der Waals surface area contributed by atoms with Crippen LogP contribution >= 0.6 is 0 Å². The SMILES string of the molecule is Nc1cccc(-c2ccn(Cc3ccccc3)n2)c1. The van der Waals surface area contributed by atoms with Gasteiger partial charge in [-0.15, -0.1) is 0 Å². The highest BCUT2D eigenvalue weighted by Gasteiger charge is 2.03. The number of rotatable bonds is 3. The number of aromatic nitrogens is 2. The van der Waals surface area contributed by atoms with Crippen LogP contribution in [0.25, 0.3) is 11.3 Å². The Morgan fingerprint density at radius 2 is 1.79 bits per heavy atom. The van der Waals surface area contributed by atoms with Crippen LogP contribution in [0.1, 0.15) is 5.56 Å². The molecule has 0 unspecified atom stereocenters. The second-order valence-corrected chi connectivity index (χ2v) is 4.51. The van der Waals surface area contributed by atoms with Crippen LogP contribution < -0.4 is 5.73 Å². The fourth-order valence-electron chi connectivity index (χ4n) is 2.07. The maximum Gasteiger partial charge on any atom is 0.0924 e. The van der Waals surface area contributed by atoms with E-state index in [4.69, 9.17) is 5.73 Å². The van der Waals surface area contributed by atoms with Crippen molar-refractivity contribution in [1.82, 2.24) is 9.78 Å². The molecule has 19 heavy (non-hydrogen) atoms. The van der Waals surface area contributed by atoms with Gasteiger partial charge in [0.2, 0.25) is 0 Å². The van der Waals surface area contributed by atoms with E-state index in [0.29, 0.717) is 0 Å². The smallest absolute Gasteiger partial charge is 0.0924 e. The van der Waals surface area contributed by atoms with E-state index >= 15 is 0 Å². The number of nitrogen functional groups attached to an aromatic ring is 1. The molecule has 0 aliphatic rings. The van der Waals surface area contributed by atoms with Crippen molar-refractivity contribution in [3.05, 3.63) is 72.4 Å². The first kappa shape index (κ1) is 11.5. The number of hydrogen-bond donors (Lipinski definition) is 1. The van der Waals surface area contributed by atoms with Gasteiger partial charge in [-0.25, -0.2) is 0 Å². The van der Waals surface area contributed by atoms with Gasteiger partial charge in [-0.2, -0.15) is 5.10 Å². The quantitative estimate of drug-likeness (QED) is 0.724. The summed E-state index contributed by atoms with van der Waals surface area (Å²) in [5, 5.41) is 4.58. The number of anilines is 1. The van der Waals surface area contributed by atoms with Crippen LogP contribution in [0.3, 0.4) is 0 Å². The third kappa shape index (κ3) is 2.65. The molecular weight excluding hydrogens is 234 g/mol. The van der Waals surface area contributed by atoms with Gasteiger partial charge in [0.15, 0.2) is 0 Å². The number of nitrogens with zero attached hydrogens (tertiary/aromatic N) is 2. The topological polar surface area (TPSA) is 43.8 Å². The molecule has 0 amide bonds. The first-order chi connectivity index (χ1) is 9.31. The average molecular weight is 249 g/mol. The molecule has 0 radical (unpaired) electrons. The van der Waals surface area contributed by atoms with Gasteiger partial charge in [-0.1, -0.05) is 42.5 Å². The zero-order chi connectivity index (χ0) is 13.1. The van der Waals surface area contributed by atoms with E-state index in [1.807, 2.05) is 59.4 Å². The molecule has 0 bridgehead atoms. The van der Waals surface area contributed by atoms with Crippen LogP contribution in [0.5, 0.6) is 0 Å². The molecule has 0 spiro atoms. The Hall–Kier alpha value is -2.55. The highest BCUT2D eigenvalue weighted by molar-refractivity contribution is 5.63. The second kappa shape index (κ2) is 4.98. The summed E-state index contributed by atoms with van der Waals surface area (Å²) < 4.78 is 1.94. The molecule has 1 heterocycles. The summed E-state index contributed by atoms with van der Waals surface area (Å²) in [5.74, 6) is 0. The highest BCUT2D eigenvalue weighted by Crippen LogP contribution is 2.19. The zero-order valence-electron chi connectivity index (χ0n) is 10.5. The Kier molecular flexibility index (Phi) is 3.02. The minimum atomic E-state index is 0.759. The van der Waals surface area contributed by atoms with Gasteiger partial charge in [0.1, 0.15) is 0 Å². The lowest BCUT2D eigenvalue weighted by Crippen LogP contribution is -2.00. The summed E-state index contributed by atoms with van der Waals surface area (Å²) in [6, 6.07) is 20.1. The van der Waals surface area contributed by atoms with E-state index in [0.717, 1.165) is 23.5 Å². The van der Waals surface area contributed by atoms with Crippen molar-refractivity contribution in [2.75, 3.05) is 5.73 Å². The fourth-order valence-corrected chi connectivity index (χ4v) is 2.07. The molecule has 0 saturated heterocycles. The maximum absolute atomic E-state index is 5.79. The van der Waals surface area contributed by atoms with Crippen LogP contribution in [0.2, 0.25) is 0 Å². The van der Waals surface area contributed by atoms with Crippen LogP contribution in [-0.4, -0.2) is 9.78 Å². The van der Waals surface area contributed by atoms with Crippen LogP contribution in [-0.2, 0) is 6.54 Å². The Morgan fingerprint density at radius 3 is 2.58 bits per heavy atom. The molecule has 3 aromatic rings. The molecule has 1 aromatic heterocycles. The van der Waals surface area contributed by atoms with E-state index in [-0.39, 0.29) is 0 Å². The molecule has 2 N–H and O–H groups in total. The van der Waals surface area contributed by atoms with Gasteiger partial charge in [0.05, 0.1) is 12.2 Å². The Morgan fingerprint density at radius 1 is 0.947 bits per heavy atom. The molecule has 3 rings (SSSR count). The predicted molar refractivity (Wildman–Crippen MR) is 77.6 cm³/mol. The second-order valence-electron chi connectivity index (χ2n) is 4.51. The summed E-state index contributed by atoms with van der Waals surface area (Å²) in [5.41, 5.74) is 9.79. The van der Waals surface area contributed by atoms with Crippen LogP contribution in [0, 0.1) is 0 Å². The molecule has 0 fully saturated rings. The first-order valence-electron chi connectivity index (χ1n) is 6.24. The molecule has 0 aliphatic carbocycles. The van der Waals surface area contributed by atoms with Crippen molar-refractivity contribution < 1.29 is 0 Å². The molecule has 3 nitrogen and oxygen atoms in total. The van der Waals surface area contributed by atoms with Gasteiger partial charge in [-0.05, 0) is 23.8 Å².